The molecule has 0 bridgehead atoms. The molecule has 204 valence electrons. The molecule has 0 aromatic heterocycles. The lowest BCUT2D eigenvalue weighted by Crippen LogP contribution is -1.95. The summed E-state index contributed by atoms with van der Waals surface area (Å²) in [5.41, 5.74) is 16.3. The molecule has 5 rings (SSSR count). The van der Waals surface area contributed by atoms with Crippen LogP contribution in [-0.4, -0.2) is 12.4 Å². The van der Waals surface area contributed by atoms with Gasteiger partial charge in [0.05, 0.1) is 11.4 Å². The lowest BCUT2D eigenvalue weighted by atomic mass is 9.94. The molecule has 0 saturated heterocycles. The van der Waals surface area contributed by atoms with Crippen molar-refractivity contribution in [2.24, 2.45) is 9.98 Å². The third kappa shape index (κ3) is 6.25. The Balaban J connectivity index is 1.55. The van der Waals surface area contributed by atoms with Crippen LogP contribution >= 0.6 is 22.6 Å². The second kappa shape index (κ2) is 12.4. The second-order valence-electron chi connectivity index (χ2n) is 10.9. The maximum atomic E-state index is 4.96. The van der Waals surface area contributed by atoms with E-state index < -0.39 is 0 Å². The molecular weight excluding hydrogens is 611 g/mol. The molecular formula is C38H35IN2. The van der Waals surface area contributed by atoms with Gasteiger partial charge in [-0.2, -0.15) is 0 Å². The standard InChI is InChI=1S/C38H35IN2/c1-24-18-26(3)37(27(4)19-24)40-22-30-12-7-9-14-32(30)34-16-11-17-35(36(34)39)33-15-10-8-13-31(33)23-41-38-28(5)20-25(2)21-29(38)6/h7-23H,1-6H3. The summed E-state index contributed by atoms with van der Waals surface area (Å²) in [4.78, 5) is 9.91. The van der Waals surface area contributed by atoms with Crippen molar-refractivity contribution >= 4 is 46.4 Å². The van der Waals surface area contributed by atoms with E-state index in [0.717, 1.165) is 22.5 Å². The molecule has 5 aromatic rings. The quantitative estimate of drug-likeness (QED) is 0.130. The zero-order valence-electron chi connectivity index (χ0n) is 24.6. The van der Waals surface area contributed by atoms with Gasteiger partial charge in [-0.1, -0.05) is 102 Å². The summed E-state index contributed by atoms with van der Waals surface area (Å²) < 4.78 is 1.21. The van der Waals surface area contributed by atoms with Crippen LogP contribution in [0, 0.1) is 45.1 Å². The zero-order valence-corrected chi connectivity index (χ0v) is 26.7. The highest BCUT2D eigenvalue weighted by molar-refractivity contribution is 14.1. The van der Waals surface area contributed by atoms with E-state index in [9.17, 15) is 0 Å². The SMILES string of the molecule is Cc1cc(C)c(N=Cc2ccccc2-c2cccc(-c3ccccc3C=Nc3c(C)cc(C)cc3C)c2I)c(C)c1. The molecule has 0 spiro atoms. The molecule has 0 radical (unpaired) electrons. The fourth-order valence-electron chi connectivity index (χ4n) is 5.68. The third-order valence-electron chi connectivity index (χ3n) is 7.44. The highest BCUT2D eigenvalue weighted by atomic mass is 127. The van der Waals surface area contributed by atoms with Crippen molar-refractivity contribution in [3.05, 3.63) is 139 Å². The molecule has 0 unspecified atom stereocenters. The Morgan fingerprint density at radius 2 is 0.805 bits per heavy atom. The number of nitrogens with zero attached hydrogens (tertiary/aromatic N) is 2. The number of benzene rings is 5. The number of hydrogen-bond donors (Lipinski definition) is 0. The first-order valence-corrected chi connectivity index (χ1v) is 15.0. The van der Waals surface area contributed by atoms with Gasteiger partial charge < -0.3 is 0 Å². The Morgan fingerprint density at radius 1 is 0.463 bits per heavy atom. The van der Waals surface area contributed by atoms with Crippen molar-refractivity contribution in [3.63, 3.8) is 0 Å². The molecule has 2 nitrogen and oxygen atoms in total. The fourth-order valence-corrected chi connectivity index (χ4v) is 6.62. The first kappa shape index (κ1) is 28.7. The highest BCUT2D eigenvalue weighted by Crippen LogP contribution is 2.36. The molecule has 0 atom stereocenters. The first-order valence-electron chi connectivity index (χ1n) is 13.9. The van der Waals surface area contributed by atoms with Crippen molar-refractivity contribution in [2.75, 3.05) is 0 Å². The van der Waals surface area contributed by atoms with Gasteiger partial charge >= 0.3 is 0 Å². The van der Waals surface area contributed by atoms with Gasteiger partial charge in [0.15, 0.2) is 0 Å². The van der Waals surface area contributed by atoms with E-state index in [4.69, 9.17) is 9.98 Å². The van der Waals surface area contributed by atoms with E-state index in [2.05, 4.69) is 155 Å². The summed E-state index contributed by atoms with van der Waals surface area (Å²) >= 11 is 2.50. The fraction of sp³-hybridized carbons (Fsp3) is 0.158. The van der Waals surface area contributed by atoms with Crippen molar-refractivity contribution in [1.82, 2.24) is 0 Å². The molecule has 3 heteroatoms. The molecule has 5 aromatic carbocycles. The van der Waals surface area contributed by atoms with Crippen LogP contribution in [0.4, 0.5) is 11.4 Å². The van der Waals surface area contributed by atoms with Crippen molar-refractivity contribution < 1.29 is 0 Å². The summed E-state index contributed by atoms with van der Waals surface area (Å²) in [6.45, 7) is 12.8. The maximum Gasteiger partial charge on any atom is 0.0688 e. The van der Waals surface area contributed by atoms with Gasteiger partial charge in [0.1, 0.15) is 0 Å². The number of halogens is 1. The van der Waals surface area contributed by atoms with Gasteiger partial charge in [0, 0.05) is 27.1 Å². The van der Waals surface area contributed by atoms with Crippen molar-refractivity contribution in [2.45, 2.75) is 41.5 Å². The first-order chi connectivity index (χ1) is 19.7. The molecule has 41 heavy (non-hydrogen) atoms. The van der Waals surface area contributed by atoms with Gasteiger partial charge in [0.25, 0.3) is 0 Å². The Bertz CT molecular complexity index is 1630. The average molecular weight is 647 g/mol. The zero-order chi connectivity index (χ0) is 29.1. The minimum absolute atomic E-state index is 1.04. The normalized spacial score (nSPS) is 11.6. The van der Waals surface area contributed by atoms with Crippen LogP contribution in [-0.2, 0) is 0 Å². The van der Waals surface area contributed by atoms with Crippen molar-refractivity contribution in [1.29, 1.82) is 0 Å². The number of hydrogen-bond acceptors (Lipinski definition) is 2. The van der Waals surface area contributed by atoms with E-state index in [1.165, 1.54) is 59.2 Å². The Kier molecular flexibility index (Phi) is 8.65. The Labute approximate surface area is 258 Å². The van der Waals surface area contributed by atoms with Crippen LogP contribution in [0.5, 0.6) is 0 Å². The maximum absolute atomic E-state index is 4.96. The summed E-state index contributed by atoms with van der Waals surface area (Å²) in [7, 11) is 0. The minimum Gasteiger partial charge on any atom is -0.256 e. The predicted octanol–water partition coefficient (Wildman–Crippen LogP) is 11.0. The van der Waals surface area contributed by atoms with E-state index in [0.29, 0.717) is 0 Å². The lowest BCUT2D eigenvalue weighted by molar-refractivity contribution is 1.29. The lowest BCUT2D eigenvalue weighted by Gasteiger charge is -2.14. The van der Waals surface area contributed by atoms with Gasteiger partial charge in [-0.15, -0.1) is 0 Å². The number of aliphatic imine (C=N–C) groups is 2. The van der Waals surface area contributed by atoms with Gasteiger partial charge in [-0.05, 0) is 109 Å². The summed E-state index contributed by atoms with van der Waals surface area (Å²) in [6, 6.07) is 32.4. The second-order valence-corrected chi connectivity index (χ2v) is 11.9. The summed E-state index contributed by atoms with van der Waals surface area (Å²) in [5, 5.41) is 0. The third-order valence-corrected chi connectivity index (χ3v) is 8.60. The smallest absolute Gasteiger partial charge is 0.0688 e. The average Bonchev–Trinajstić information content (AvgIpc) is 2.93. The molecule has 0 fully saturated rings. The number of rotatable bonds is 6. The number of aryl methyl sites for hydroxylation is 6. The van der Waals surface area contributed by atoms with E-state index in [-0.39, 0.29) is 0 Å². The van der Waals surface area contributed by atoms with E-state index in [1.54, 1.807) is 0 Å². The van der Waals surface area contributed by atoms with Crippen LogP contribution in [0.15, 0.2) is 101 Å². The molecule has 0 aliphatic rings. The highest BCUT2D eigenvalue weighted by Gasteiger charge is 2.14. The van der Waals surface area contributed by atoms with Crippen LogP contribution < -0.4 is 0 Å². The van der Waals surface area contributed by atoms with Gasteiger partial charge in [-0.3, -0.25) is 9.98 Å². The van der Waals surface area contributed by atoms with Gasteiger partial charge in [0.2, 0.25) is 0 Å². The molecule has 0 amide bonds. The largest absolute Gasteiger partial charge is 0.256 e. The molecule has 0 saturated carbocycles. The summed E-state index contributed by atoms with van der Waals surface area (Å²) in [5.74, 6) is 0. The molecule has 0 aliphatic heterocycles. The Morgan fingerprint density at radius 3 is 1.20 bits per heavy atom. The van der Waals surface area contributed by atoms with E-state index in [1.807, 2.05) is 12.4 Å². The monoisotopic (exact) mass is 646 g/mol. The van der Waals surface area contributed by atoms with Crippen LogP contribution in [0.25, 0.3) is 22.3 Å². The molecule has 0 aliphatic carbocycles. The van der Waals surface area contributed by atoms with Crippen LogP contribution in [0.2, 0.25) is 0 Å². The molecule has 0 heterocycles. The minimum atomic E-state index is 1.04. The van der Waals surface area contributed by atoms with Crippen molar-refractivity contribution in [3.8, 4) is 22.3 Å². The Hall–Kier alpha value is -3.83. The van der Waals surface area contributed by atoms with Crippen LogP contribution in [0.3, 0.4) is 0 Å². The van der Waals surface area contributed by atoms with E-state index >= 15 is 0 Å². The van der Waals surface area contributed by atoms with Crippen LogP contribution in [0.1, 0.15) is 44.5 Å². The predicted molar refractivity (Wildman–Crippen MR) is 186 cm³/mol. The topological polar surface area (TPSA) is 24.7 Å². The molecule has 0 N–H and O–H groups in total. The van der Waals surface area contributed by atoms with Gasteiger partial charge in [-0.25, -0.2) is 0 Å². The summed E-state index contributed by atoms with van der Waals surface area (Å²) in [6.07, 6.45) is 4.02.